The molecule has 0 aliphatic carbocycles. The summed E-state index contributed by atoms with van der Waals surface area (Å²) in [5.41, 5.74) is 0. The molecule has 0 aliphatic rings. The van der Waals surface area contributed by atoms with Crippen LogP contribution in [0.2, 0.25) is 0 Å². The minimum absolute atomic E-state index is 0.0699. The number of aliphatic hydroxyl groups is 1. The van der Waals surface area contributed by atoms with Gasteiger partial charge in [0.2, 0.25) is 0 Å². The van der Waals surface area contributed by atoms with E-state index in [9.17, 15) is 14.7 Å². The van der Waals surface area contributed by atoms with Gasteiger partial charge in [-0.15, -0.1) is 0 Å². The second kappa shape index (κ2) is 71.8. The molecule has 0 spiro atoms. The SMILES string of the molecule is CC/C=C\C/C=C\C/C=C\C/C=C\C/C=C\C/C=C\C/C=C\CCCCCCCCCCCC(=O)OC(CO)COC(=O)CCCCCCCCCCCCCCCCCCCCCCCCCCC/C=C\C/C=C\CCCCCCC. The van der Waals surface area contributed by atoms with Crippen LogP contribution in [0.1, 0.15) is 348 Å². The van der Waals surface area contributed by atoms with E-state index >= 15 is 0 Å². The van der Waals surface area contributed by atoms with Crippen molar-refractivity contribution >= 4 is 11.9 Å². The molecule has 0 amide bonds. The maximum Gasteiger partial charge on any atom is 0.306 e. The molecule has 0 fully saturated rings. The number of carbonyl (C=O) groups is 2. The normalized spacial score (nSPS) is 12.9. The van der Waals surface area contributed by atoms with Gasteiger partial charge in [-0.2, -0.15) is 0 Å². The fourth-order valence-corrected chi connectivity index (χ4v) is 10.3. The molecular formula is C77H134O5. The van der Waals surface area contributed by atoms with Crippen molar-refractivity contribution in [2.45, 2.75) is 354 Å². The van der Waals surface area contributed by atoms with Gasteiger partial charge < -0.3 is 14.6 Å². The third-order valence-corrected chi connectivity index (χ3v) is 15.6. The molecule has 5 nitrogen and oxygen atoms in total. The first kappa shape index (κ1) is 78.6. The second-order valence-corrected chi connectivity index (χ2v) is 23.6. The van der Waals surface area contributed by atoms with E-state index in [1.54, 1.807) is 0 Å². The van der Waals surface area contributed by atoms with Crippen LogP contribution in [0.15, 0.2) is 109 Å². The van der Waals surface area contributed by atoms with Crippen LogP contribution in [0, 0.1) is 0 Å². The standard InChI is InChI=1S/C77H134O5/c1-3-5-7-9-11-13-15-17-19-21-23-25-27-29-31-33-35-36-37-38-39-40-42-43-45-47-49-51-53-55-57-59-61-63-65-67-69-71-76(79)81-74-75(73-78)82-77(80)72-70-68-66-64-62-60-58-56-54-52-50-48-46-44-41-34-32-30-28-26-24-22-20-18-16-14-12-10-8-6-4-2/h6,8,12,14-15,17-18,20-21,23-24,26,30,32,41,44,48,50,75,78H,3-5,7,9-11,13,16,19,22,25,27-29,31,33-40,42-43,45-47,49,51-74H2,1-2H3/b8-6-,14-12-,17-15-,20-18-,23-21-,26-24-,32-30-,44-41-,50-48-. The van der Waals surface area contributed by atoms with Gasteiger partial charge in [0, 0.05) is 12.8 Å². The molecule has 0 saturated heterocycles. The van der Waals surface area contributed by atoms with Crippen LogP contribution in [-0.2, 0) is 19.1 Å². The maximum absolute atomic E-state index is 12.4. The van der Waals surface area contributed by atoms with Crippen molar-refractivity contribution in [3.63, 3.8) is 0 Å². The summed E-state index contributed by atoms with van der Waals surface area (Å²) >= 11 is 0. The van der Waals surface area contributed by atoms with Crippen LogP contribution in [0.5, 0.6) is 0 Å². The van der Waals surface area contributed by atoms with E-state index < -0.39 is 6.10 Å². The van der Waals surface area contributed by atoms with Crippen molar-refractivity contribution in [3.05, 3.63) is 109 Å². The molecule has 5 heteroatoms. The minimum atomic E-state index is -0.782. The number of hydrogen-bond acceptors (Lipinski definition) is 5. The monoisotopic (exact) mass is 1140 g/mol. The van der Waals surface area contributed by atoms with E-state index in [0.717, 1.165) is 96.3 Å². The lowest BCUT2D eigenvalue weighted by molar-refractivity contribution is -0.161. The van der Waals surface area contributed by atoms with Crippen LogP contribution in [0.3, 0.4) is 0 Å². The topological polar surface area (TPSA) is 72.8 Å². The Morgan fingerprint density at radius 2 is 0.524 bits per heavy atom. The first-order valence-corrected chi connectivity index (χ1v) is 35.4. The van der Waals surface area contributed by atoms with Crippen molar-refractivity contribution in [2.24, 2.45) is 0 Å². The zero-order chi connectivity index (χ0) is 59.1. The summed E-state index contributed by atoms with van der Waals surface area (Å²) in [6.07, 6.45) is 104. The summed E-state index contributed by atoms with van der Waals surface area (Å²) in [4.78, 5) is 24.7. The van der Waals surface area contributed by atoms with Crippen molar-refractivity contribution in [1.82, 2.24) is 0 Å². The number of ether oxygens (including phenoxy) is 2. The van der Waals surface area contributed by atoms with Crippen molar-refractivity contribution in [2.75, 3.05) is 13.2 Å². The molecule has 0 aromatic rings. The van der Waals surface area contributed by atoms with Gasteiger partial charge >= 0.3 is 11.9 Å². The molecule has 1 unspecified atom stereocenters. The zero-order valence-electron chi connectivity index (χ0n) is 54.2. The molecule has 0 radical (unpaired) electrons. The molecule has 1 atom stereocenters. The highest BCUT2D eigenvalue weighted by molar-refractivity contribution is 5.70. The molecule has 0 heterocycles. The number of unbranched alkanes of at least 4 members (excludes halogenated alkanes) is 39. The number of hydrogen-bond donors (Lipinski definition) is 1. The molecule has 0 rings (SSSR count). The minimum Gasteiger partial charge on any atom is -0.462 e. The number of rotatable bonds is 65. The predicted octanol–water partition coefficient (Wildman–Crippen LogP) is 24.8. The van der Waals surface area contributed by atoms with Gasteiger partial charge in [-0.3, -0.25) is 9.59 Å². The van der Waals surface area contributed by atoms with Crippen molar-refractivity contribution in [1.29, 1.82) is 0 Å². The van der Waals surface area contributed by atoms with Crippen molar-refractivity contribution in [3.8, 4) is 0 Å². The Balaban J connectivity index is 3.46. The average Bonchev–Trinajstić information content (AvgIpc) is 3.49. The summed E-state index contributed by atoms with van der Waals surface area (Å²) < 4.78 is 10.8. The van der Waals surface area contributed by atoms with Gasteiger partial charge in [0.15, 0.2) is 6.10 Å². The highest BCUT2D eigenvalue weighted by Crippen LogP contribution is 2.18. The Kier molecular flexibility index (Phi) is 68.8. The summed E-state index contributed by atoms with van der Waals surface area (Å²) in [5, 5.41) is 9.70. The van der Waals surface area contributed by atoms with Crippen LogP contribution >= 0.6 is 0 Å². The Bertz CT molecular complexity index is 1570. The van der Waals surface area contributed by atoms with Gasteiger partial charge in [-0.05, 0) is 103 Å². The number of allylic oxidation sites excluding steroid dienone is 18. The Hall–Kier alpha value is -3.44. The summed E-state index contributed by atoms with van der Waals surface area (Å²) in [5.74, 6) is -0.588. The van der Waals surface area contributed by atoms with Crippen molar-refractivity contribution < 1.29 is 24.2 Å². The van der Waals surface area contributed by atoms with Crippen LogP contribution in [0.4, 0.5) is 0 Å². The zero-order valence-corrected chi connectivity index (χ0v) is 54.2. The molecule has 82 heavy (non-hydrogen) atoms. The second-order valence-electron chi connectivity index (χ2n) is 23.6. The largest absolute Gasteiger partial charge is 0.462 e. The van der Waals surface area contributed by atoms with Crippen LogP contribution < -0.4 is 0 Å². The van der Waals surface area contributed by atoms with Gasteiger partial charge in [0.25, 0.3) is 0 Å². The lowest BCUT2D eigenvalue weighted by Gasteiger charge is -2.15. The highest BCUT2D eigenvalue weighted by atomic mass is 16.6. The van der Waals surface area contributed by atoms with Gasteiger partial charge in [0.05, 0.1) is 6.61 Å². The number of esters is 2. The first-order valence-electron chi connectivity index (χ1n) is 35.4. The smallest absolute Gasteiger partial charge is 0.306 e. The van der Waals surface area contributed by atoms with Gasteiger partial charge in [0.1, 0.15) is 6.61 Å². The first-order chi connectivity index (χ1) is 40.6. The predicted molar refractivity (Wildman–Crippen MR) is 362 cm³/mol. The lowest BCUT2D eigenvalue weighted by Crippen LogP contribution is -2.28. The van der Waals surface area contributed by atoms with Gasteiger partial charge in [-0.1, -0.05) is 342 Å². The molecule has 0 saturated carbocycles. The highest BCUT2D eigenvalue weighted by Gasteiger charge is 2.16. The van der Waals surface area contributed by atoms with Gasteiger partial charge in [-0.25, -0.2) is 0 Å². The van der Waals surface area contributed by atoms with E-state index in [0.29, 0.717) is 12.8 Å². The molecule has 472 valence electrons. The summed E-state index contributed by atoms with van der Waals surface area (Å²) in [6.45, 7) is 4.04. The third-order valence-electron chi connectivity index (χ3n) is 15.6. The fraction of sp³-hybridized carbons (Fsp3) is 0.740. The summed E-state index contributed by atoms with van der Waals surface area (Å²) in [7, 11) is 0. The molecule has 1 N–H and O–H groups in total. The van der Waals surface area contributed by atoms with E-state index in [1.807, 2.05) is 0 Å². The molecule has 0 bridgehead atoms. The van der Waals surface area contributed by atoms with E-state index in [1.165, 1.54) is 225 Å². The van der Waals surface area contributed by atoms with E-state index in [4.69, 9.17) is 9.47 Å². The number of carbonyl (C=O) groups excluding carboxylic acids is 2. The lowest BCUT2D eigenvalue weighted by atomic mass is 10.0. The molecular weight excluding hydrogens is 1000 g/mol. The third kappa shape index (κ3) is 69.1. The van der Waals surface area contributed by atoms with E-state index in [2.05, 4.69) is 123 Å². The summed E-state index contributed by atoms with van der Waals surface area (Å²) in [6, 6.07) is 0. The maximum atomic E-state index is 12.4. The Morgan fingerprint density at radius 3 is 0.793 bits per heavy atom. The van der Waals surface area contributed by atoms with E-state index in [-0.39, 0.29) is 25.2 Å². The average molecular weight is 1140 g/mol. The molecule has 0 aromatic heterocycles. The molecule has 0 aliphatic heterocycles. The quantitative estimate of drug-likeness (QED) is 0.0373. The Labute approximate surface area is 510 Å². The van der Waals surface area contributed by atoms with Crippen LogP contribution in [0.25, 0.3) is 0 Å². The molecule has 0 aromatic carbocycles. The van der Waals surface area contributed by atoms with Crippen LogP contribution in [-0.4, -0.2) is 36.4 Å². The number of aliphatic hydroxyl groups excluding tert-OH is 1. The Morgan fingerprint density at radius 1 is 0.293 bits per heavy atom. The fourth-order valence-electron chi connectivity index (χ4n) is 10.3.